The Morgan fingerprint density at radius 1 is 0.933 bits per heavy atom. The number of hydrogen-bond acceptors (Lipinski definition) is 4. The number of aliphatic hydroxyl groups excluding tert-OH is 1. The zero-order valence-corrected chi connectivity index (χ0v) is 17.3. The molecule has 0 aliphatic carbocycles. The minimum absolute atomic E-state index is 0.168. The number of benzene rings is 3. The van der Waals surface area contributed by atoms with Crippen LogP contribution in [0.15, 0.2) is 83.8 Å². The summed E-state index contributed by atoms with van der Waals surface area (Å²) < 4.78 is 27.7. The van der Waals surface area contributed by atoms with E-state index in [9.17, 15) is 18.8 Å². The highest BCUT2D eigenvalue weighted by molar-refractivity contribution is 7.89. The summed E-state index contributed by atoms with van der Waals surface area (Å²) in [5, 5.41) is 19.8. The van der Waals surface area contributed by atoms with E-state index in [1.54, 1.807) is 25.1 Å². The number of nitrogens with zero attached hydrogens (tertiary/aromatic N) is 2. The number of aryl methyl sites for hydroxylation is 1. The topological polar surface area (TPSA) is 81.4 Å². The predicted octanol–water partition coefficient (Wildman–Crippen LogP) is 3.70. The minimum atomic E-state index is -3.90. The van der Waals surface area contributed by atoms with Crippen molar-refractivity contribution in [3.63, 3.8) is 0 Å². The molecule has 0 radical (unpaired) electrons. The van der Waals surface area contributed by atoms with Gasteiger partial charge in [-0.05, 0) is 35.2 Å². The number of rotatable bonds is 5. The molecule has 0 amide bonds. The van der Waals surface area contributed by atoms with Crippen LogP contribution in [0.5, 0.6) is 0 Å². The standard InChI is InChI=1S/C24H22N2O3S/c1-17-7-5-6-10-23(17)30(28,29)26-21(15-25)24(22(26)16-27)20-13-11-19(12-14-20)18-8-3-2-4-9-18/h2-14,21-22,24,27H,16H2,1H3/t21-,22+,24-/m0/s1. The second kappa shape index (κ2) is 8.04. The van der Waals surface area contributed by atoms with Crippen molar-refractivity contribution in [1.29, 1.82) is 5.26 Å². The summed E-state index contributed by atoms with van der Waals surface area (Å²) in [6.45, 7) is 1.37. The first kappa shape index (κ1) is 20.3. The van der Waals surface area contributed by atoms with Gasteiger partial charge in [0.2, 0.25) is 10.0 Å². The lowest BCUT2D eigenvalue weighted by Gasteiger charge is -2.50. The molecule has 0 saturated carbocycles. The monoisotopic (exact) mass is 418 g/mol. The van der Waals surface area contributed by atoms with E-state index in [4.69, 9.17) is 0 Å². The first-order valence-electron chi connectivity index (χ1n) is 9.74. The lowest BCUT2D eigenvalue weighted by atomic mass is 9.78. The van der Waals surface area contributed by atoms with Crippen LogP contribution in [0.3, 0.4) is 0 Å². The average molecular weight is 419 g/mol. The Morgan fingerprint density at radius 2 is 1.53 bits per heavy atom. The first-order valence-corrected chi connectivity index (χ1v) is 11.2. The van der Waals surface area contributed by atoms with E-state index < -0.39 is 22.1 Å². The molecule has 0 bridgehead atoms. The lowest BCUT2D eigenvalue weighted by molar-refractivity contribution is 0.0556. The van der Waals surface area contributed by atoms with Crippen LogP contribution in [-0.2, 0) is 10.0 Å². The van der Waals surface area contributed by atoms with Gasteiger partial charge >= 0.3 is 0 Å². The van der Waals surface area contributed by atoms with Crippen molar-refractivity contribution >= 4 is 10.0 Å². The molecule has 1 N–H and O–H groups in total. The Labute approximate surface area is 176 Å². The molecule has 1 fully saturated rings. The van der Waals surface area contributed by atoms with Gasteiger partial charge in [-0.1, -0.05) is 72.8 Å². The predicted molar refractivity (Wildman–Crippen MR) is 115 cm³/mol. The maximum atomic E-state index is 13.3. The number of nitriles is 1. The van der Waals surface area contributed by atoms with Crippen molar-refractivity contribution in [2.24, 2.45) is 0 Å². The van der Waals surface area contributed by atoms with Crippen molar-refractivity contribution in [3.05, 3.63) is 90.0 Å². The van der Waals surface area contributed by atoms with Crippen LogP contribution in [0.4, 0.5) is 0 Å². The largest absolute Gasteiger partial charge is 0.395 e. The molecule has 6 heteroatoms. The molecular weight excluding hydrogens is 396 g/mol. The fraction of sp³-hybridized carbons (Fsp3) is 0.208. The molecule has 152 valence electrons. The third kappa shape index (κ3) is 3.31. The van der Waals surface area contributed by atoms with Crippen LogP contribution in [0, 0.1) is 18.3 Å². The molecule has 30 heavy (non-hydrogen) atoms. The van der Waals surface area contributed by atoms with Crippen LogP contribution in [0.2, 0.25) is 0 Å². The SMILES string of the molecule is Cc1ccccc1S(=O)(=O)N1[C@H](CO)[C@@H](c2ccc(-c3ccccc3)cc2)[C@@H]1C#N. The molecule has 1 aliphatic heterocycles. The van der Waals surface area contributed by atoms with Gasteiger partial charge < -0.3 is 5.11 Å². The van der Waals surface area contributed by atoms with Crippen molar-refractivity contribution in [2.45, 2.75) is 29.8 Å². The smallest absolute Gasteiger partial charge is 0.244 e. The minimum Gasteiger partial charge on any atom is -0.395 e. The highest BCUT2D eigenvalue weighted by Crippen LogP contribution is 2.44. The summed E-state index contributed by atoms with van der Waals surface area (Å²) >= 11 is 0. The van der Waals surface area contributed by atoms with Gasteiger partial charge in [0.1, 0.15) is 6.04 Å². The Morgan fingerprint density at radius 3 is 2.13 bits per heavy atom. The molecule has 1 heterocycles. The Bertz CT molecular complexity index is 1190. The van der Waals surface area contributed by atoms with E-state index >= 15 is 0 Å². The normalized spacial score (nSPS) is 21.6. The van der Waals surface area contributed by atoms with Gasteiger partial charge in [-0.25, -0.2) is 8.42 Å². The molecule has 3 aromatic rings. The van der Waals surface area contributed by atoms with Gasteiger partial charge in [0.25, 0.3) is 0 Å². The van der Waals surface area contributed by atoms with Crippen LogP contribution >= 0.6 is 0 Å². The number of aliphatic hydroxyl groups is 1. The molecule has 4 rings (SSSR count). The molecule has 0 aromatic heterocycles. The highest BCUT2D eigenvalue weighted by atomic mass is 32.2. The molecule has 3 aromatic carbocycles. The summed E-state index contributed by atoms with van der Waals surface area (Å²) in [4.78, 5) is 0.168. The van der Waals surface area contributed by atoms with Crippen LogP contribution in [-0.4, -0.2) is 36.5 Å². The zero-order valence-electron chi connectivity index (χ0n) is 16.5. The molecule has 1 saturated heterocycles. The van der Waals surface area contributed by atoms with E-state index in [2.05, 4.69) is 6.07 Å². The third-order valence-corrected chi connectivity index (χ3v) is 7.79. The highest BCUT2D eigenvalue weighted by Gasteiger charge is 2.55. The van der Waals surface area contributed by atoms with Crippen LogP contribution in [0.1, 0.15) is 17.0 Å². The fourth-order valence-electron chi connectivity index (χ4n) is 4.18. The molecule has 0 unspecified atom stereocenters. The second-order valence-electron chi connectivity index (χ2n) is 7.44. The van der Waals surface area contributed by atoms with Gasteiger partial charge in [0.15, 0.2) is 0 Å². The molecule has 0 spiro atoms. The summed E-state index contributed by atoms with van der Waals surface area (Å²) in [7, 11) is -3.90. The molecule has 3 atom stereocenters. The Kier molecular flexibility index (Phi) is 5.44. The van der Waals surface area contributed by atoms with Gasteiger partial charge in [-0.2, -0.15) is 9.57 Å². The van der Waals surface area contributed by atoms with Gasteiger partial charge in [0.05, 0.1) is 23.6 Å². The van der Waals surface area contributed by atoms with Gasteiger partial charge in [-0.3, -0.25) is 0 Å². The van der Waals surface area contributed by atoms with Crippen molar-refractivity contribution in [2.75, 3.05) is 6.61 Å². The fourth-order valence-corrected chi connectivity index (χ4v) is 6.17. The van der Waals surface area contributed by atoms with Crippen molar-refractivity contribution < 1.29 is 13.5 Å². The van der Waals surface area contributed by atoms with E-state index in [1.807, 2.05) is 54.6 Å². The number of sulfonamides is 1. The maximum absolute atomic E-state index is 13.3. The average Bonchev–Trinajstić information content (AvgIpc) is 2.75. The molecular formula is C24H22N2O3S. The van der Waals surface area contributed by atoms with E-state index in [0.717, 1.165) is 21.0 Å². The van der Waals surface area contributed by atoms with E-state index in [1.165, 1.54) is 6.07 Å². The van der Waals surface area contributed by atoms with Crippen LogP contribution in [0.25, 0.3) is 11.1 Å². The molecule has 5 nitrogen and oxygen atoms in total. The summed E-state index contributed by atoms with van der Waals surface area (Å²) in [5.41, 5.74) is 3.58. The maximum Gasteiger partial charge on any atom is 0.244 e. The quantitative estimate of drug-likeness (QED) is 0.685. The Hall–Kier alpha value is -2.98. The van der Waals surface area contributed by atoms with Gasteiger partial charge in [0, 0.05) is 5.92 Å². The van der Waals surface area contributed by atoms with Crippen molar-refractivity contribution in [3.8, 4) is 17.2 Å². The summed E-state index contributed by atoms with van der Waals surface area (Å²) in [5.74, 6) is -0.386. The van der Waals surface area contributed by atoms with E-state index in [-0.39, 0.29) is 17.4 Å². The summed E-state index contributed by atoms with van der Waals surface area (Å²) in [6, 6.07) is 25.0. The number of hydrogen-bond donors (Lipinski definition) is 1. The zero-order chi connectivity index (χ0) is 21.3. The lowest BCUT2D eigenvalue weighted by Crippen LogP contribution is -2.65. The van der Waals surface area contributed by atoms with Crippen LogP contribution < -0.4 is 0 Å². The summed E-state index contributed by atoms with van der Waals surface area (Å²) in [6.07, 6.45) is 0. The first-order chi connectivity index (χ1) is 14.5. The Balaban J connectivity index is 1.66. The van der Waals surface area contributed by atoms with E-state index in [0.29, 0.717) is 5.56 Å². The third-order valence-electron chi connectivity index (χ3n) is 5.73. The van der Waals surface area contributed by atoms with Crippen molar-refractivity contribution in [1.82, 2.24) is 4.31 Å². The second-order valence-corrected chi connectivity index (χ2v) is 9.25. The van der Waals surface area contributed by atoms with Gasteiger partial charge in [-0.15, -0.1) is 0 Å². The molecule has 1 aliphatic rings.